The maximum Gasteiger partial charge on any atom is 0.127 e. The van der Waals surface area contributed by atoms with Gasteiger partial charge in [0.2, 0.25) is 0 Å². The highest BCUT2D eigenvalue weighted by molar-refractivity contribution is 5.53. The minimum atomic E-state index is -2.63. The van der Waals surface area contributed by atoms with E-state index < -0.39 is 13.2 Å². The fraction of sp³-hybridized carbons (Fsp3) is 0.619. The van der Waals surface area contributed by atoms with Crippen LogP contribution in [0.1, 0.15) is 83.6 Å². The molecule has 2 aliphatic rings. The molecule has 2 heteroatoms. The van der Waals surface area contributed by atoms with Gasteiger partial charge in [0, 0.05) is 24.3 Å². The molecule has 1 heterocycles. The van der Waals surface area contributed by atoms with Crippen LogP contribution in [-0.2, 0) is 6.42 Å². The van der Waals surface area contributed by atoms with Crippen molar-refractivity contribution < 1.29 is 16.7 Å². The fourth-order valence-corrected chi connectivity index (χ4v) is 4.10. The highest BCUT2D eigenvalue weighted by Gasteiger charge is 2.45. The SMILES string of the molecule is [2H]C([2H])([2H])C([2H])([2H])CCCc1cc(O)c2c(c1)OC(C)(C)[C@@H]1CCC(C)=C[C@@H]21. The van der Waals surface area contributed by atoms with E-state index in [0.29, 0.717) is 24.5 Å². The Morgan fingerprint density at radius 3 is 3.00 bits per heavy atom. The molecule has 0 saturated heterocycles. The van der Waals surface area contributed by atoms with Crippen molar-refractivity contribution in [2.24, 2.45) is 5.92 Å². The molecule has 2 atom stereocenters. The van der Waals surface area contributed by atoms with Gasteiger partial charge in [-0.3, -0.25) is 0 Å². The quantitative estimate of drug-likeness (QED) is 0.717. The maximum atomic E-state index is 10.7. The third kappa shape index (κ3) is 3.13. The van der Waals surface area contributed by atoms with Crippen molar-refractivity contribution in [3.63, 3.8) is 0 Å². The number of rotatable bonds is 4. The van der Waals surface area contributed by atoms with Crippen LogP contribution < -0.4 is 4.74 Å². The second kappa shape index (κ2) is 6.22. The molecule has 2 nitrogen and oxygen atoms in total. The van der Waals surface area contributed by atoms with Crippen LogP contribution in [0.15, 0.2) is 23.8 Å². The molecule has 1 aromatic carbocycles. The highest BCUT2D eigenvalue weighted by atomic mass is 16.5. The van der Waals surface area contributed by atoms with Crippen LogP contribution in [0.3, 0.4) is 0 Å². The van der Waals surface area contributed by atoms with Crippen LogP contribution in [-0.4, -0.2) is 10.7 Å². The average Bonchev–Trinajstić information content (AvgIpc) is 2.52. The van der Waals surface area contributed by atoms with Gasteiger partial charge in [0.15, 0.2) is 0 Å². The molecule has 0 aromatic heterocycles. The standard InChI is InChI=1S/C21H30O2/c1-5-6-7-8-15-12-18(22)20-16-11-14(2)9-10-17(16)21(3,4)23-19(20)13-15/h11-13,16-17,22H,5-10H2,1-4H3/t16-,17-/m1/s1/i1D3,5D2. The van der Waals surface area contributed by atoms with Crippen molar-refractivity contribution in [2.45, 2.75) is 77.6 Å². The second-order valence-corrected chi connectivity index (χ2v) is 7.45. The number of hydrogen-bond donors (Lipinski definition) is 1. The first-order valence-corrected chi connectivity index (χ1v) is 8.54. The van der Waals surface area contributed by atoms with Gasteiger partial charge in [-0.2, -0.15) is 0 Å². The number of phenols is 1. The van der Waals surface area contributed by atoms with Crippen LogP contribution in [0.2, 0.25) is 0 Å². The minimum absolute atomic E-state index is 0.0552. The van der Waals surface area contributed by atoms with E-state index in [4.69, 9.17) is 11.6 Å². The summed E-state index contributed by atoms with van der Waals surface area (Å²) in [5, 5.41) is 10.7. The first-order chi connectivity index (χ1) is 12.8. The summed E-state index contributed by atoms with van der Waals surface area (Å²) in [5.41, 5.74) is 2.67. The first-order valence-electron chi connectivity index (χ1n) is 11.0. The lowest BCUT2D eigenvalue weighted by Gasteiger charge is -2.46. The van der Waals surface area contributed by atoms with Gasteiger partial charge in [-0.1, -0.05) is 31.3 Å². The van der Waals surface area contributed by atoms with Crippen molar-refractivity contribution in [2.75, 3.05) is 0 Å². The Kier molecular flexibility index (Phi) is 3.02. The largest absolute Gasteiger partial charge is 0.507 e. The number of aryl methyl sites for hydroxylation is 1. The summed E-state index contributed by atoms with van der Waals surface area (Å²) in [6, 6.07) is 3.65. The second-order valence-electron chi connectivity index (χ2n) is 7.45. The molecule has 0 unspecified atom stereocenters. The lowest BCUT2D eigenvalue weighted by Crippen LogP contribution is -2.45. The summed E-state index contributed by atoms with van der Waals surface area (Å²) in [7, 11) is 0. The summed E-state index contributed by atoms with van der Waals surface area (Å²) in [4.78, 5) is 0. The Bertz CT molecular complexity index is 780. The topological polar surface area (TPSA) is 29.5 Å². The van der Waals surface area contributed by atoms with Gasteiger partial charge in [0.1, 0.15) is 17.1 Å². The summed E-state index contributed by atoms with van der Waals surface area (Å²) in [5.74, 6) is 1.34. The number of fused-ring (bicyclic) bond motifs is 3. The van der Waals surface area contributed by atoms with Gasteiger partial charge < -0.3 is 9.84 Å². The monoisotopic (exact) mass is 319 g/mol. The molecular weight excluding hydrogens is 284 g/mol. The Hall–Kier alpha value is -1.44. The van der Waals surface area contributed by atoms with Crippen LogP contribution in [0.25, 0.3) is 0 Å². The van der Waals surface area contributed by atoms with Crippen LogP contribution >= 0.6 is 0 Å². The van der Waals surface area contributed by atoms with E-state index in [1.165, 1.54) is 5.57 Å². The summed E-state index contributed by atoms with van der Waals surface area (Å²) < 4.78 is 43.7. The third-order valence-electron chi connectivity index (χ3n) is 5.29. The number of phenolic OH excluding ortho intramolecular Hbond substituents is 1. The molecule has 1 aromatic rings. The van der Waals surface area contributed by atoms with Gasteiger partial charge in [0.05, 0.1) is 0 Å². The smallest absolute Gasteiger partial charge is 0.127 e. The third-order valence-corrected chi connectivity index (χ3v) is 5.29. The molecule has 126 valence electrons. The van der Waals surface area contributed by atoms with Gasteiger partial charge in [-0.15, -0.1) is 0 Å². The number of benzene rings is 1. The lowest BCUT2D eigenvalue weighted by molar-refractivity contribution is 0.0107. The normalized spacial score (nSPS) is 29.5. The van der Waals surface area contributed by atoms with Gasteiger partial charge in [-0.05, 0) is 64.2 Å². The van der Waals surface area contributed by atoms with E-state index in [2.05, 4.69) is 26.8 Å². The first kappa shape index (κ1) is 11.2. The molecule has 3 rings (SSSR count). The van der Waals surface area contributed by atoms with Crippen molar-refractivity contribution in [1.82, 2.24) is 0 Å². The number of hydrogen-bond acceptors (Lipinski definition) is 2. The van der Waals surface area contributed by atoms with E-state index in [9.17, 15) is 5.11 Å². The predicted octanol–water partition coefficient (Wildman–Crippen LogP) is 5.74. The van der Waals surface area contributed by atoms with Gasteiger partial charge in [-0.25, -0.2) is 0 Å². The maximum absolute atomic E-state index is 10.7. The average molecular weight is 319 g/mol. The van der Waals surface area contributed by atoms with E-state index in [1.807, 2.05) is 6.07 Å². The molecule has 0 saturated carbocycles. The summed E-state index contributed by atoms with van der Waals surface area (Å²) in [6.45, 7) is 3.69. The molecule has 1 aliphatic heterocycles. The molecule has 1 aliphatic carbocycles. The zero-order valence-corrected chi connectivity index (χ0v) is 14.3. The Morgan fingerprint density at radius 2 is 2.22 bits per heavy atom. The molecule has 0 spiro atoms. The molecule has 0 bridgehead atoms. The molecule has 0 amide bonds. The molecular formula is C21H30O2. The molecule has 0 radical (unpaired) electrons. The van der Waals surface area contributed by atoms with E-state index in [-0.39, 0.29) is 23.7 Å². The predicted molar refractivity (Wildman–Crippen MR) is 95.3 cm³/mol. The number of ether oxygens (including phenoxy) is 1. The van der Waals surface area contributed by atoms with Gasteiger partial charge >= 0.3 is 0 Å². The minimum Gasteiger partial charge on any atom is -0.507 e. The van der Waals surface area contributed by atoms with Crippen LogP contribution in [0.5, 0.6) is 11.5 Å². The fourth-order valence-electron chi connectivity index (χ4n) is 4.10. The Labute approximate surface area is 147 Å². The van der Waals surface area contributed by atoms with Crippen LogP contribution in [0, 0.1) is 5.92 Å². The number of allylic oxidation sites excluding steroid dienone is 2. The van der Waals surface area contributed by atoms with Crippen molar-refractivity contribution in [3.8, 4) is 11.5 Å². The van der Waals surface area contributed by atoms with Crippen molar-refractivity contribution >= 4 is 0 Å². The zero-order valence-electron chi connectivity index (χ0n) is 19.3. The van der Waals surface area contributed by atoms with E-state index >= 15 is 0 Å². The Balaban J connectivity index is 1.84. The molecule has 1 N–H and O–H groups in total. The number of aromatic hydroxyl groups is 1. The lowest BCUT2D eigenvalue weighted by atomic mass is 9.68. The Morgan fingerprint density at radius 1 is 1.39 bits per heavy atom. The summed E-state index contributed by atoms with van der Waals surface area (Å²) >= 11 is 0. The zero-order chi connectivity index (χ0) is 20.9. The highest BCUT2D eigenvalue weighted by Crippen LogP contribution is 2.53. The molecule has 0 fully saturated rings. The van der Waals surface area contributed by atoms with Crippen LogP contribution in [0.4, 0.5) is 0 Å². The van der Waals surface area contributed by atoms with Crippen molar-refractivity contribution in [1.29, 1.82) is 0 Å². The van der Waals surface area contributed by atoms with Crippen molar-refractivity contribution in [3.05, 3.63) is 34.9 Å². The van der Waals surface area contributed by atoms with E-state index in [1.54, 1.807) is 6.07 Å². The van der Waals surface area contributed by atoms with E-state index in [0.717, 1.165) is 24.0 Å². The summed E-state index contributed by atoms with van der Waals surface area (Å²) in [6.07, 6.45) is 2.95. The molecule has 23 heavy (non-hydrogen) atoms. The van der Waals surface area contributed by atoms with Gasteiger partial charge in [0.25, 0.3) is 0 Å².